The molecule has 5 nitrogen and oxygen atoms in total. The van der Waals surface area contributed by atoms with Crippen molar-refractivity contribution in [3.63, 3.8) is 0 Å². The summed E-state index contributed by atoms with van der Waals surface area (Å²) in [5.41, 5.74) is 0.738. The molecule has 1 aromatic carbocycles. The van der Waals surface area contributed by atoms with E-state index in [2.05, 4.69) is 12.2 Å². The second kappa shape index (κ2) is 5.67. The second-order valence-corrected chi connectivity index (χ2v) is 5.52. The number of aliphatic hydroxyl groups is 1. The van der Waals surface area contributed by atoms with Gasteiger partial charge < -0.3 is 10.4 Å². The zero-order valence-electron chi connectivity index (χ0n) is 11.1. The van der Waals surface area contributed by atoms with Crippen LogP contribution in [0.1, 0.15) is 31.7 Å². The molecule has 0 amide bonds. The first kappa shape index (κ1) is 14.0. The number of aliphatic hydroxyl groups excluding tert-OH is 1. The number of nitrogens with zero attached hydrogens (tertiary/aromatic N) is 1. The van der Waals surface area contributed by atoms with Gasteiger partial charge in [-0.15, -0.1) is 0 Å². The molecule has 2 atom stereocenters. The van der Waals surface area contributed by atoms with Gasteiger partial charge in [-0.3, -0.25) is 10.1 Å². The lowest BCUT2D eigenvalue weighted by Crippen LogP contribution is -2.41. The monoisotopic (exact) mass is 264 g/mol. The van der Waals surface area contributed by atoms with Crippen LogP contribution in [-0.4, -0.2) is 22.7 Å². The summed E-state index contributed by atoms with van der Waals surface area (Å²) in [7, 11) is 0. The van der Waals surface area contributed by atoms with E-state index < -0.39 is 0 Å². The highest BCUT2D eigenvalue weighted by molar-refractivity contribution is 5.39. The molecule has 1 saturated carbocycles. The third-order valence-corrected chi connectivity index (χ3v) is 4.17. The predicted octanol–water partition coefficient (Wildman–Crippen LogP) is 2.24. The largest absolute Gasteiger partial charge is 0.396 e. The molecule has 1 aromatic rings. The molecule has 0 heterocycles. The van der Waals surface area contributed by atoms with Crippen LogP contribution in [0.15, 0.2) is 24.3 Å². The Bertz CT molecular complexity index is 464. The molecule has 2 unspecified atom stereocenters. The molecule has 104 valence electrons. The third-order valence-electron chi connectivity index (χ3n) is 4.17. The summed E-state index contributed by atoms with van der Waals surface area (Å²) < 4.78 is 0. The van der Waals surface area contributed by atoms with E-state index in [1.807, 2.05) is 6.07 Å². The van der Waals surface area contributed by atoms with Crippen molar-refractivity contribution in [2.24, 2.45) is 5.41 Å². The van der Waals surface area contributed by atoms with Gasteiger partial charge in [0.15, 0.2) is 0 Å². The van der Waals surface area contributed by atoms with Crippen molar-refractivity contribution in [3.05, 3.63) is 39.9 Å². The molecule has 0 aliphatic heterocycles. The minimum Gasteiger partial charge on any atom is -0.396 e. The highest BCUT2D eigenvalue weighted by atomic mass is 16.6. The second-order valence-electron chi connectivity index (χ2n) is 5.52. The Morgan fingerprint density at radius 3 is 2.95 bits per heavy atom. The van der Waals surface area contributed by atoms with E-state index in [1.165, 1.54) is 6.07 Å². The van der Waals surface area contributed by atoms with Gasteiger partial charge >= 0.3 is 0 Å². The number of nitrogens with one attached hydrogen (secondary N) is 1. The van der Waals surface area contributed by atoms with Crippen molar-refractivity contribution in [2.45, 2.75) is 38.8 Å². The van der Waals surface area contributed by atoms with Crippen LogP contribution in [0.5, 0.6) is 0 Å². The molecule has 0 aromatic heterocycles. The number of benzene rings is 1. The van der Waals surface area contributed by atoms with Gasteiger partial charge in [0.05, 0.1) is 4.92 Å². The van der Waals surface area contributed by atoms with E-state index in [0.29, 0.717) is 12.1 Å². The lowest BCUT2D eigenvalue weighted by atomic mass is 9.85. The molecule has 1 fully saturated rings. The molecule has 2 rings (SSSR count). The first-order chi connectivity index (χ1) is 9.07. The van der Waals surface area contributed by atoms with Crippen molar-refractivity contribution < 1.29 is 10.0 Å². The third kappa shape index (κ3) is 2.93. The minimum atomic E-state index is -0.350. The molecule has 0 radical (unpaired) electrons. The molecule has 19 heavy (non-hydrogen) atoms. The normalized spacial score (nSPS) is 26.5. The van der Waals surface area contributed by atoms with Gasteiger partial charge in [0, 0.05) is 36.2 Å². The number of nitro benzene ring substituents is 1. The summed E-state index contributed by atoms with van der Waals surface area (Å²) >= 11 is 0. The lowest BCUT2D eigenvalue weighted by molar-refractivity contribution is -0.385. The van der Waals surface area contributed by atoms with E-state index in [1.54, 1.807) is 12.1 Å². The fourth-order valence-corrected chi connectivity index (χ4v) is 2.84. The van der Waals surface area contributed by atoms with Crippen molar-refractivity contribution in [1.82, 2.24) is 5.32 Å². The Kier molecular flexibility index (Phi) is 4.17. The van der Waals surface area contributed by atoms with Gasteiger partial charge in [-0.2, -0.15) is 0 Å². The quantitative estimate of drug-likeness (QED) is 0.631. The SMILES string of the molecule is CC1(CO)CCCC1NCc1ccccc1[N+](=O)[O-]. The molecule has 0 bridgehead atoms. The minimum absolute atomic E-state index is 0.108. The van der Waals surface area contributed by atoms with Gasteiger partial charge in [-0.25, -0.2) is 0 Å². The molecule has 5 heteroatoms. The Morgan fingerprint density at radius 1 is 1.53 bits per heavy atom. The van der Waals surface area contributed by atoms with Crippen LogP contribution in [-0.2, 0) is 6.54 Å². The van der Waals surface area contributed by atoms with Crippen molar-refractivity contribution in [2.75, 3.05) is 6.61 Å². The number of hydrogen-bond acceptors (Lipinski definition) is 4. The Morgan fingerprint density at radius 2 is 2.26 bits per heavy atom. The van der Waals surface area contributed by atoms with Crippen molar-refractivity contribution in [3.8, 4) is 0 Å². The number of para-hydroxylation sites is 1. The van der Waals surface area contributed by atoms with E-state index in [9.17, 15) is 15.2 Å². The van der Waals surface area contributed by atoms with E-state index in [4.69, 9.17) is 0 Å². The molecule has 0 saturated heterocycles. The average molecular weight is 264 g/mol. The topological polar surface area (TPSA) is 75.4 Å². The van der Waals surface area contributed by atoms with Crippen LogP contribution in [0.4, 0.5) is 5.69 Å². The first-order valence-corrected chi connectivity index (χ1v) is 6.63. The maximum atomic E-state index is 10.9. The van der Waals surface area contributed by atoms with Gasteiger partial charge in [0.2, 0.25) is 0 Å². The number of hydrogen-bond donors (Lipinski definition) is 2. The summed E-state index contributed by atoms with van der Waals surface area (Å²) in [5.74, 6) is 0. The Labute approximate surface area is 112 Å². The molecular weight excluding hydrogens is 244 g/mol. The van der Waals surface area contributed by atoms with Gasteiger partial charge in [0.25, 0.3) is 5.69 Å². The maximum Gasteiger partial charge on any atom is 0.273 e. The van der Waals surface area contributed by atoms with Crippen LogP contribution < -0.4 is 5.32 Å². The fraction of sp³-hybridized carbons (Fsp3) is 0.571. The standard InChI is InChI=1S/C14H20N2O3/c1-14(10-17)8-4-7-13(14)15-9-11-5-2-3-6-12(11)16(18)19/h2-3,5-6,13,15,17H,4,7-10H2,1H3. The van der Waals surface area contributed by atoms with Crippen LogP contribution >= 0.6 is 0 Å². The van der Waals surface area contributed by atoms with Crippen LogP contribution in [0.25, 0.3) is 0 Å². The highest BCUT2D eigenvalue weighted by Crippen LogP contribution is 2.37. The zero-order chi connectivity index (χ0) is 13.9. The van der Waals surface area contributed by atoms with Crippen LogP contribution in [0.3, 0.4) is 0 Å². The predicted molar refractivity (Wildman–Crippen MR) is 72.8 cm³/mol. The van der Waals surface area contributed by atoms with Crippen LogP contribution in [0.2, 0.25) is 0 Å². The molecule has 1 aliphatic carbocycles. The summed E-state index contributed by atoms with van der Waals surface area (Å²) in [6.45, 7) is 2.69. The van der Waals surface area contributed by atoms with Gasteiger partial charge in [0.1, 0.15) is 0 Å². The average Bonchev–Trinajstić information content (AvgIpc) is 2.78. The highest BCUT2D eigenvalue weighted by Gasteiger charge is 2.37. The first-order valence-electron chi connectivity index (χ1n) is 6.63. The number of nitro groups is 1. The smallest absolute Gasteiger partial charge is 0.273 e. The van der Waals surface area contributed by atoms with Crippen LogP contribution in [0, 0.1) is 15.5 Å². The van der Waals surface area contributed by atoms with E-state index in [-0.39, 0.29) is 28.7 Å². The zero-order valence-corrected chi connectivity index (χ0v) is 11.1. The summed E-state index contributed by atoms with van der Waals surface area (Å²) in [4.78, 5) is 10.6. The van der Waals surface area contributed by atoms with E-state index >= 15 is 0 Å². The summed E-state index contributed by atoms with van der Waals surface area (Å²) in [5, 5.41) is 23.8. The Hall–Kier alpha value is -1.46. The fourth-order valence-electron chi connectivity index (χ4n) is 2.84. The molecule has 1 aliphatic rings. The van der Waals surface area contributed by atoms with Crippen molar-refractivity contribution >= 4 is 5.69 Å². The van der Waals surface area contributed by atoms with Gasteiger partial charge in [-0.05, 0) is 12.8 Å². The van der Waals surface area contributed by atoms with E-state index in [0.717, 1.165) is 19.3 Å². The summed E-state index contributed by atoms with van der Waals surface area (Å²) in [6, 6.07) is 7.00. The maximum absolute atomic E-state index is 10.9. The number of rotatable bonds is 5. The van der Waals surface area contributed by atoms with Crippen molar-refractivity contribution in [1.29, 1.82) is 0 Å². The Balaban J connectivity index is 2.05. The molecule has 0 spiro atoms. The molecule has 2 N–H and O–H groups in total. The summed E-state index contributed by atoms with van der Waals surface area (Å²) in [6.07, 6.45) is 3.10. The lowest BCUT2D eigenvalue weighted by Gasteiger charge is -2.30. The molecular formula is C14H20N2O3. The van der Waals surface area contributed by atoms with Gasteiger partial charge in [-0.1, -0.05) is 31.5 Å².